The Labute approximate surface area is 159 Å². The molecule has 1 fully saturated rings. The quantitative estimate of drug-likeness (QED) is 0.453. The fourth-order valence-electron chi connectivity index (χ4n) is 2.89. The third kappa shape index (κ3) is 5.84. The van der Waals surface area contributed by atoms with Gasteiger partial charge >= 0.3 is 5.97 Å². The van der Waals surface area contributed by atoms with E-state index in [9.17, 15) is 9.59 Å². The molecule has 0 saturated heterocycles. The first kappa shape index (κ1) is 21.0. The van der Waals surface area contributed by atoms with Gasteiger partial charge < -0.3 is 13.6 Å². The number of hydrogen-bond donors (Lipinski definition) is 0. The van der Waals surface area contributed by atoms with E-state index in [1.54, 1.807) is 19.1 Å². The number of esters is 1. The maximum atomic E-state index is 13.0. The van der Waals surface area contributed by atoms with E-state index in [1.165, 1.54) is 0 Å². The zero-order valence-electron chi connectivity index (χ0n) is 17.0. The zero-order valence-corrected chi connectivity index (χ0v) is 19.0. The van der Waals surface area contributed by atoms with Crippen LogP contribution in [0.3, 0.4) is 0 Å². The Hall–Kier alpha value is -1.35. The molecule has 26 heavy (non-hydrogen) atoms. The number of ether oxygens (including phenoxy) is 1. The van der Waals surface area contributed by atoms with Gasteiger partial charge in [0.2, 0.25) is 16.6 Å². The van der Waals surface area contributed by atoms with E-state index in [0.29, 0.717) is 18.1 Å². The number of rotatable bonds is 8. The van der Waals surface area contributed by atoms with E-state index in [4.69, 9.17) is 13.6 Å². The molecule has 0 aromatic rings. The van der Waals surface area contributed by atoms with Gasteiger partial charge in [-0.2, -0.15) is 0 Å². The smallest absolute Gasteiger partial charge is 0.316 e. The van der Waals surface area contributed by atoms with Gasteiger partial charge in [0.15, 0.2) is 5.78 Å². The van der Waals surface area contributed by atoms with Crippen molar-refractivity contribution in [1.82, 2.24) is 0 Å². The highest BCUT2D eigenvalue weighted by molar-refractivity contribution is 6.70. The van der Waals surface area contributed by atoms with Crippen LogP contribution in [-0.4, -0.2) is 35.0 Å². The molecule has 0 aromatic heterocycles. The highest BCUT2D eigenvalue weighted by Crippen LogP contribution is 2.41. The summed E-state index contributed by atoms with van der Waals surface area (Å²) in [6.45, 7) is 14.5. The molecule has 2 aliphatic carbocycles. The summed E-state index contributed by atoms with van der Waals surface area (Å²) in [5.41, 5.74) is 0. The lowest BCUT2D eigenvalue weighted by Crippen LogP contribution is -2.37. The van der Waals surface area contributed by atoms with Crippen molar-refractivity contribution in [2.24, 2.45) is 17.8 Å². The Balaban J connectivity index is 2.43. The summed E-state index contributed by atoms with van der Waals surface area (Å²) >= 11 is 0. The van der Waals surface area contributed by atoms with Crippen LogP contribution in [0.1, 0.15) is 19.8 Å². The van der Waals surface area contributed by atoms with Gasteiger partial charge in [0, 0.05) is 5.92 Å². The molecule has 1 saturated carbocycles. The standard InChI is InChI=1S/C19H32O5Si2/c1-8-22-19(21)14-11-15(23-25(2,3)4)17(18(20)13-9-10-13)16(12-14)24-26(5,6)7/h11-14,17H,8-10H2,1-7H3. The average Bonchev–Trinajstić information content (AvgIpc) is 3.27. The van der Waals surface area contributed by atoms with E-state index >= 15 is 0 Å². The Bertz CT molecular complexity index is 587. The molecule has 5 nitrogen and oxygen atoms in total. The normalized spacial score (nSPS) is 23.7. The van der Waals surface area contributed by atoms with Gasteiger partial charge in [-0.25, -0.2) is 0 Å². The SMILES string of the molecule is CCOC(=O)C1C=C(O[Si](C)(C)C)C(C(=O)C2CC2)C(O[Si](C)(C)C)=C1. The summed E-state index contributed by atoms with van der Waals surface area (Å²) in [7, 11) is -3.92. The van der Waals surface area contributed by atoms with Gasteiger partial charge in [0.05, 0.1) is 24.0 Å². The van der Waals surface area contributed by atoms with Crippen LogP contribution >= 0.6 is 0 Å². The van der Waals surface area contributed by atoms with Gasteiger partial charge in [-0.05, 0) is 71.2 Å². The van der Waals surface area contributed by atoms with Crippen molar-refractivity contribution in [3.63, 3.8) is 0 Å². The molecule has 0 N–H and O–H groups in total. The van der Waals surface area contributed by atoms with Crippen LogP contribution in [0.25, 0.3) is 0 Å². The second kappa shape index (κ2) is 7.72. The number of hydrogen-bond acceptors (Lipinski definition) is 5. The summed E-state index contributed by atoms with van der Waals surface area (Å²) in [6, 6.07) is 0. The Morgan fingerprint density at radius 1 is 0.962 bits per heavy atom. The molecule has 0 atom stereocenters. The Kier molecular flexibility index (Phi) is 6.22. The van der Waals surface area contributed by atoms with Crippen molar-refractivity contribution in [3.8, 4) is 0 Å². The minimum atomic E-state index is -1.96. The van der Waals surface area contributed by atoms with Crippen LogP contribution in [0.2, 0.25) is 39.3 Å². The van der Waals surface area contributed by atoms with Crippen LogP contribution in [-0.2, 0) is 23.2 Å². The van der Waals surface area contributed by atoms with Crippen molar-refractivity contribution in [2.75, 3.05) is 6.61 Å². The number of carbonyl (C=O) groups excluding carboxylic acids is 2. The van der Waals surface area contributed by atoms with Crippen LogP contribution in [0.4, 0.5) is 0 Å². The van der Waals surface area contributed by atoms with E-state index in [0.717, 1.165) is 12.8 Å². The lowest BCUT2D eigenvalue weighted by Gasteiger charge is -2.34. The molecule has 0 unspecified atom stereocenters. The largest absolute Gasteiger partial charge is 0.547 e. The van der Waals surface area contributed by atoms with E-state index in [-0.39, 0.29) is 17.7 Å². The molecule has 0 spiro atoms. The van der Waals surface area contributed by atoms with E-state index in [2.05, 4.69) is 39.3 Å². The van der Waals surface area contributed by atoms with Crippen molar-refractivity contribution in [1.29, 1.82) is 0 Å². The summed E-state index contributed by atoms with van der Waals surface area (Å²) in [5.74, 6) is -0.0341. The highest BCUT2D eigenvalue weighted by atomic mass is 28.4. The molecular formula is C19H32O5Si2. The summed E-state index contributed by atoms with van der Waals surface area (Å²) in [5, 5.41) is 0. The van der Waals surface area contributed by atoms with E-state index < -0.39 is 28.5 Å². The molecule has 0 radical (unpaired) electrons. The number of ketones is 1. The van der Waals surface area contributed by atoms with Gasteiger partial charge in [-0.15, -0.1) is 0 Å². The first-order valence-electron chi connectivity index (χ1n) is 9.43. The minimum Gasteiger partial charge on any atom is -0.547 e. The van der Waals surface area contributed by atoms with Crippen LogP contribution < -0.4 is 0 Å². The molecular weight excluding hydrogens is 364 g/mol. The van der Waals surface area contributed by atoms with Gasteiger partial charge in [-0.1, -0.05) is 0 Å². The molecule has 7 heteroatoms. The molecule has 0 bridgehead atoms. The number of carbonyl (C=O) groups is 2. The minimum absolute atomic E-state index is 0.0846. The predicted molar refractivity (Wildman–Crippen MR) is 106 cm³/mol. The summed E-state index contributed by atoms with van der Waals surface area (Å²) in [6.07, 6.45) is 5.38. The van der Waals surface area contributed by atoms with Crippen LogP contribution in [0.5, 0.6) is 0 Å². The maximum Gasteiger partial charge on any atom is 0.316 e. The van der Waals surface area contributed by atoms with Crippen molar-refractivity contribution >= 4 is 28.4 Å². The van der Waals surface area contributed by atoms with E-state index in [1.807, 2.05) is 0 Å². The second-order valence-electron chi connectivity index (χ2n) is 8.95. The molecule has 2 rings (SSSR count). The topological polar surface area (TPSA) is 61.8 Å². The zero-order chi connectivity index (χ0) is 19.7. The lowest BCUT2D eigenvalue weighted by atomic mass is 9.87. The van der Waals surface area contributed by atoms with Gasteiger partial charge in [-0.3, -0.25) is 9.59 Å². The fourth-order valence-corrected chi connectivity index (χ4v) is 4.67. The molecule has 0 amide bonds. The van der Waals surface area contributed by atoms with Crippen LogP contribution in [0.15, 0.2) is 23.7 Å². The molecule has 146 valence electrons. The fraction of sp³-hybridized carbons (Fsp3) is 0.684. The van der Waals surface area contributed by atoms with Crippen molar-refractivity contribution in [2.45, 2.75) is 59.0 Å². The van der Waals surface area contributed by atoms with Gasteiger partial charge in [0.25, 0.3) is 0 Å². The Morgan fingerprint density at radius 2 is 1.42 bits per heavy atom. The van der Waals surface area contributed by atoms with Crippen molar-refractivity contribution < 1.29 is 23.2 Å². The molecule has 0 aliphatic heterocycles. The second-order valence-corrected chi connectivity index (χ2v) is 17.8. The third-order valence-corrected chi connectivity index (χ3v) is 5.62. The summed E-state index contributed by atoms with van der Waals surface area (Å²) < 4.78 is 17.7. The maximum absolute atomic E-state index is 13.0. The first-order chi connectivity index (χ1) is 11.9. The summed E-state index contributed by atoms with van der Waals surface area (Å²) in [4.78, 5) is 25.4. The lowest BCUT2D eigenvalue weighted by molar-refractivity contribution is -0.145. The molecule has 0 heterocycles. The van der Waals surface area contributed by atoms with Crippen LogP contribution in [0, 0.1) is 17.8 Å². The average molecular weight is 397 g/mol. The molecule has 0 aromatic carbocycles. The Morgan fingerprint density at radius 3 is 1.77 bits per heavy atom. The van der Waals surface area contributed by atoms with Crippen molar-refractivity contribution in [3.05, 3.63) is 23.7 Å². The monoisotopic (exact) mass is 396 g/mol. The highest BCUT2D eigenvalue weighted by Gasteiger charge is 2.44. The number of Topliss-reactive ketones (excluding diaryl/α,β-unsaturated/α-hetero) is 1. The molecule has 2 aliphatic rings. The first-order valence-corrected chi connectivity index (χ1v) is 16.2. The van der Waals surface area contributed by atoms with Gasteiger partial charge in [0.1, 0.15) is 5.92 Å². The third-order valence-electron chi connectivity index (χ3n) is 3.93. The predicted octanol–water partition coefficient (Wildman–Crippen LogP) is 4.25.